The second-order valence-corrected chi connectivity index (χ2v) is 4.02. The summed E-state index contributed by atoms with van der Waals surface area (Å²) in [6.07, 6.45) is 9.45. The van der Waals surface area contributed by atoms with Crippen LogP contribution in [0.25, 0.3) is 0 Å². The van der Waals surface area contributed by atoms with Gasteiger partial charge in [-0.2, -0.15) is 0 Å². The summed E-state index contributed by atoms with van der Waals surface area (Å²) in [6.45, 7) is 0.656. The predicted molar refractivity (Wildman–Crippen MR) is 54.9 cm³/mol. The molecule has 0 aromatic carbocycles. The maximum Gasteiger partial charge on any atom is 0.0839 e. The Morgan fingerprint density at radius 3 is 2.86 bits per heavy atom. The van der Waals surface area contributed by atoms with Crippen molar-refractivity contribution in [1.29, 1.82) is 0 Å². The number of hydrogen-bond donors (Lipinski definition) is 1. The van der Waals surface area contributed by atoms with E-state index in [1.54, 1.807) is 0 Å². The van der Waals surface area contributed by atoms with Gasteiger partial charge >= 0.3 is 0 Å². The topological polar surface area (TPSA) is 56.7 Å². The van der Waals surface area contributed by atoms with Crippen LogP contribution in [0.4, 0.5) is 0 Å². The van der Waals surface area contributed by atoms with Gasteiger partial charge in [-0.3, -0.25) is 0 Å². The molecule has 1 heterocycles. The van der Waals surface area contributed by atoms with Crippen LogP contribution in [-0.4, -0.2) is 21.5 Å². The third-order valence-electron chi connectivity index (χ3n) is 2.91. The maximum atomic E-state index is 5.47. The van der Waals surface area contributed by atoms with E-state index in [4.69, 9.17) is 5.73 Å². The zero-order valence-electron chi connectivity index (χ0n) is 8.52. The zero-order valence-corrected chi connectivity index (χ0v) is 8.52. The average Bonchev–Trinajstić information content (AvgIpc) is 2.68. The van der Waals surface area contributed by atoms with Crippen molar-refractivity contribution in [2.24, 2.45) is 5.73 Å². The fourth-order valence-electron chi connectivity index (χ4n) is 2.10. The summed E-state index contributed by atoms with van der Waals surface area (Å²) in [7, 11) is 0. The van der Waals surface area contributed by atoms with Gasteiger partial charge in [-0.15, -0.1) is 5.10 Å². The zero-order chi connectivity index (χ0) is 9.80. The summed E-state index contributed by atoms with van der Waals surface area (Å²) in [4.78, 5) is 0. The molecular formula is C10H18N4. The summed E-state index contributed by atoms with van der Waals surface area (Å²) in [5.41, 5.74) is 6.50. The van der Waals surface area contributed by atoms with Crippen LogP contribution in [-0.2, 0) is 6.42 Å². The van der Waals surface area contributed by atoms with Crippen LogP contribution in [0.1, 0.15) is 43.8 Å². The second kappa shape index (κ2) is 4.55. The Bertz CT molecular complexity index is 275. The van der Waals surface area contributed by atoms with E-state index in [0.717, 1.165) is 12.1 Å². The van der Waals surface area contributed by atoms with Crippen molar-refractivity contribution in [1.82, 2.24) is 15.0 Å². The molecule has 1 fully saturated rings. The third kappa shape index (κ3) is 2.12. The van der Waals surface area contributed by atoms with Gasteiger partial charge < -0.3 is 5.73 Å². The molecule has 1 aromatic heterocycles. The van der Waals surface area contributed by atoms with Crippen molar-refractivity contribution < 1.29 is 0 Å². The molecule has 2 rings (SSSR count). The van der Waals surface area contributed by atoms with Crippen LogP contribution in [0.5, 0.6) is 0 Å². The Morgan fingerprint density at radius 1 is 1.36 bits per heavy atom. The van der Waals surface area contributed by atoms with Crippen LogP contribution < -0.4 is 5.73 Å². The molecule has 78 valence electrons. The quantitative estimate of drug-likeness (QED) is 0.788. The summed E-state index contributed by atoms with van der Waals surface area (Å²) >= 11 is 0. The van der Waals surface area contributed by atoms with Gasteiger partial charge in [0.15, 0.2) is 0 Å². The lowest BCUT2D eigenvalue weighted by molar-refractivity contribution is 0.324. The molecule has 1 aliphatic rings. The van der Waals surface area contributed by atoms with Crippen molar-refractivity contribution in [2.45, 2.75) is 44.6 Å². The van der Waals surface area contributed by atoms with Gasteiger partial charge in [0.25, 0.3) is 0 Å². The highest BCUT2D eigenvalue weighted by Crippen LogP contribution is 2.27. The molecule has 0 spiro atoms. The Morgan fingerprint density at radius 2 is 2.14 bits per heavy atom. The molecule has 1 aliphatic carbocycles. The molecule has 4 heteroatoms. The van der Waals surface area contributed by atoms with Gasteiger partial charge in [-0.1, -0.05) is 24.5 Å². The van der Waals surface area contributed by atoms with Crippen LogP contribution in [0.3, 0.4) is 0 Å². The van der Waals surface area contributed by atoms with Crippen LogP contribution in [0.15, 0.2) is 6.20 Å². The molecule has 0 unspecified atom stereocenters. The summed E-state index contributed by atoms with van der Waals surface area (Å²) in [5, 5.41) is 8.28. The van der Waals surface area contributed by atoms with Gasteiger partial charge in [-0.25, -0.2) is 4.68 Å². The Hall–Kier alpha value is -0.900. The van der Waals surface area contributed by atoms with E-state index in [0.29, 0.717) is 12.6 Å². The van der Waals surface area contributed by atoms with Crippen LogP contribution >= 0.6 is 0 Å². The molecule has 14 heavy (non-hydrogen) atoms. The minimum Gasteiger partial charge on any atom is -0.330 e. The molecule has 0 radical (unpaired) electrons. The van der Waals surface area contributed by atoms with E-state index in [1.165, 1.54) is 32.1 Å². The highest BCUT2D eigenvalue weighted by atomic mass is 15.4. The molecule has 4 nitrogen and oxygen atoms in total. The minimum absolute atomic E-state index is 0.586. The van der Waals surface area contributed by atoms with E-state index in [1.807, 2.05) is 4.68 Å². The van der Waals surface area contributed by atoms with Crippen molar-refractivity contribution in [3.8, 4) is 0 Å². The fourth-order valence-corrected chi connectivity index (χ4v) is 2.10. The van der Waals surface area contributed by atoms with Crippen molar-refractivity contribution in [2.75, 3.05) is 6.54 Å². The predicted octanol–water partition coefficient (Wildman–Crippen LogP) is 1.28. The Kier molecular flexibility index (Phi) is 3.14. The van der Waals surface area contributed by atoms with Crippen molar-refractivity contribution >= 4 is 0 Å². The third-order valence-corrected chi connectivity index (χ3v) is 2.91. The first-order chi connectivity index (χ1) is 6.90. The maximum absolute atomic E-state index is 5.47. The van der Waals surface area contributed by atoms with E-state index >= 15 is 0 Å². The van der Waals surface area contributed by atoms with E-state index in [9.17, 15) is 0 Å². The van der Waals surface area contributed by atoms with E-state index < -0.39 is 0 Å². The van der Waals surface area contributed by atoms with Gasteiger partial charge in [0.2, 0.25) is 0 Å². The Labute approximate surface area is 84.5 Å². The number of nitrogens with zero attached hydrogens (tertiary/aromatic N) is 3. The molecule has 0 amide bonds. The molecule has 1 aromatic rings. The first-order valence-corrected chi connectivity index (χ1v) is 5.51. The van der Waals surface area contributed by atoms with Crippen LogP contribution in [0, 0.1) is 0 Å². The van der Waals surface area contributed by atoms with Gasteiger partial charge in [0.1, 0.15) is 0 Å². The second-order valence-electron chi connectivity index (χ2n) is 4.02. The number of rotatable bonds is 3. The van der Waals surface area contributed by atoms with Crippen LogP contribution in [0.2, 0.25) is 0 Å². The normalized spacial score (nSPS) is 18.6. The van der Waals surface area contributed by atoms with Gasteiger partial charge in [0, 0.05) is 12.6 Å². The molecule has 1 saturated carbocycles. The SMILES string of the molecule is NCCc1cn(C2CCCCC2)nn1. The average molecular weight is 194 g/mol. The van der Waals surface area contributed by atoms with E-state index in [-0.39, 0.29) is 0 Å². The van der Waals surface area contributed by atoms with Crippen molar-refractivity contribution in [3.63, 3.8) is 0 Å². The number of aromatic nitrogens is 3. The molecule has 0 bridgehead atoms. The lowest BCUT2D eigenvalue weighted by atomic mass is 9.96. The monoisotopic (exact) mass is 194 g/mol. The highest BCUT2D eigenvalue weighted by molar-refractivity contribution is 4.94. The molecule has 0 saturated heterocycles. The van der Waals surface area contributed by atoms with E-state index in [2.05, 4.69) is 16.5 Å². The molecule has 2 N–H and O–H groups in total. The lowest BCUT2D eigenvalue weighted by Gasteiger charge is -2.20. The molecule has 0 aliphatic heterocycles. The number of hydrogen-bond acceptors (Lipinski definition) is 3. The summed E-state index contributed by atoms with van der Waals surface area (Å²) < 4.78 is 2.03. The first kappa shape index (κ1) is 9.65. The lowest BCUT2D eigenvalue weighted by Crippen LogP contribution is -2.13. The fraction of sp³-hybridized carbons (Fsp3) is 0.800. The highest BCUT2D eigenvalue weighted by Gasteiger charge is 2.16. The molecule has 0 atom stereocenters. The molecular weight excluding hydrogens is 176 g/mol. The van der Waals surface area contributed by atoms with Crippen molar-refractivity contribution in [3.05, 3.63) is 11.9 Å². The largest absolute Gasteiger partial charge is 0.330 e. The summed E-state index contributed by atoms with van der Waals surface area (Å²) in [5.74, 6) is 0. The van der Waals surface area contributed by atoms with Gasteiger partial charge in [0.05, 0.1) is 11.7 Å². The standard InChI is InChI=1S/C10H18N4/c11-7-6-9-8-14(13-12-9)10-4-2-1-3-5-10/h8,10H,1-7,11H2. The van der Waals surface area contributed by atoms with Gasteiger partial charge in [-0.05, 0) is 19.4 Å². The Balaban J connectivity index is 2.00. The first-order valence-electron chi connectivity index (χ1n) is 5.51. The minimum atomic E-state index is 0.586. The number of nitrogens with two attached hydrogens (primary N) is 1. The summed E-state index contributed by atoms with van der Waals surface area (Å²) in [6, 6.07) is 0.586. The smallest absolute Gasteiger partial charge is 0.0839 e.